The van der Waals surface area contributed by atoms with Crippen molar-refractivity contribution in [3.63, 3.8) is 0 Å². The van der Waals surface area contributed by atoms with Crippen LogP contribution in [0.3, 0.4) is 0 Å². The average Bonchev–Trinajstić information content (AvgIpc) is 2.36. The molecule has 4 nitrogen and oxygen atoms in total. The summed E-state index contributed by atoms with van der Waals surface area (Å²) in [6, 6.07) is 5.73. The van der Waals surface area contributed by atoms with Gasteiger partial charge in [0.1, 0.15) is 6.10 Å². The number of ether oxygens (including phenoxy) is 1. The van der Waals surface area contributed by atoms with E-state index in [2.05, 4.69) is 16.6 Å². The molecule has 2 amide bonds. The third-order valence-corrected chi connectivity index (χ3v) is 2.07. The van der Waals surface area contributed by atoms with Crippen LogP contribution in [-0.4, -0.2) is 25.2 Å². The van der Waals surface area contributed by atoms with Gasteiger partial charge in [-0.05, 0) is 19.1 Å². The van der Waals surface area contributed by atoms with E-state index in [0.29, 0.717) is 0 Å². The number of carbonyl (C=O) groups excluding carboxylic acids is 1. The maximum Gasteiger partial charge on any atom is 0.315 e. The third kappa shape index (κ3) is 4.74. The minimum atomic E-state index is -0.430. The SMILES string of the molecule is C#CCNC(=O)NCC(C)Oc1ccccc1F. The van der Waals surface area contributed by atoms with Gasteiger partial charge in [0.05, 0.1) is 13.1 Å². The summed E-state index contributed by atoms with van der Waals surface area (Å²) in [5.41, 5.74) is 0. The predicted molar refractivity (Wildman–Crippen MR) is 66.7 cm³/mol. The van der Waals surface area contributed by atoms with Crippen LogP contribution in [0.4, 0.5) is 9.18 Å². The molecular weight excluding hydrogens is 235 g/mol. The van der Waals surface area contributed by atoms with Gasteiger partial charge >= 0.3 is 6.03 Å². The normalized spacial score (nSPS) is 11.2. The fourth-order valence-electron chi connectivity index (χ4n) is 1.23. The summed E-state index contributed by atoms with van der Waals surface area (Å²) in [5, 5.41) is 5.01. The van der Waals surface area contributed by atoms with E-state index in [0.717, 1.165) is 0 Å². The molecule has 0 fully saturated rings. The van der Waals surface area contributed by atoms with Crippen LogP contribution >= 0.6 is 0 Å². The summed E-state index contributed by atoms with van der Waals surface area (Å²) < 4.78 is 18.6. The van der Waals surface area contributed by atoms with Crippen molar-refractivity contribution in [3.8, 4) is 18.1 Å². The van der Waals surface area contributed by atoms with Gasteiger partial charge in [0.2, 0.25) is 0 Å². The summed E-state index contributed by atoms with van der Waals surface area (Å²) >= 11 is 0. The first-order valence-corrected chi connectivity index (χ1v) is 5.50. The Bertz CT molecular complexity index is 443. The highest BCUT2D eigenvalue weighted by molar-refractivity contribution is 5.74. The van der Waals surface area contributed by atoms with Crippen molar-refractivity contribution >= 4 is 6.03 Å². The van der Waals surface area contributed by atoms with Crippen molar-refractivity contribution in [1.82, 2.24) is 10.6 Å². The highest BCUT2D eigenvalue weighted by Gasteiger charge is 2.08. The smallest absolute Gasteiger partial charge is 0.315 e. The number of amides is 2. The van der Waals surface area contributed by atoms with E-state index in [4.69, 9.17) is 11.2 Å². The van der Waals surface area contributed by atoms with E-state index in [1.165, 1.54) is 12.1 Å². The molecule has 1 atom stereocenters. The van der Waals surface area contributed by atoms with Gasteiger partial charge < -0.3 is 15.4 Å². The standard InChI is InChI=1S/C13H15FN2O2/c1-3-8-15-13(17)16-9-10(2)18-12-7-5-4-6-11(12)14/h1,4-7,10H,8-9H2,2H3,(H2,15,16,17). The molecule has 5 heteroatoms. The van der Waals surface area contributed by atoms with Crippen LogP contribution in [0.25, 0.3) is 0 Å². The summed E-state index contributed by atoms with van der Waals surface area (Å²) in [7, 11) is 0. The Hall–Kier alpha value is -2.22. The molecule has 1 aromatic rings. The molecular formula is C13H15FN2O2. The van der Waals surface area contributed by atoms with Gasteiger partial charge in [-0.25, -0.2) is 9.18 Å². The van der Waals surface area contributed by atoms with Gasteiger partial charge in [-0.3, -0.25) is 0 Å². The fraction of sp³-hybridized carbons (Fsp3) is 0.308. The Morgan fingerprint density at radius 3 is 2.89 bits per heavy atom. The monoisotopic (exact) mass is 250 g/mol. The number of halogens is 1. The summed E-state index contributed by atoms with van der Waals surface area (Å²) in [6.45, 7) is 2.15. The van der Waals surface area contributed by atoms with Crippen LogP contribution in [0.5, 0.6) is 5.75 Å². The molecule has 0 aliphatic rings. The number of terminal acetylenes is 1. The molecule has 0 saturated carbocycles. The van der Waals surface area contributed by atoms with Crippen LogP contribution in [0.1, 0.15) is 6.92 Å². The Balaban J connectivity index is 2.34. The molecule has 1 aromatic carbocycles. The Morgan fingerprint density at radius 2 is 2.22 bits per heavy atom. The number of hydrogen-bond donors (Lipinski definition) is 2. The number of hydrogen-bond acceptors (Lipinski definition) is 2. The fourth-order valence-corrected chi connectivity index (χ4v) is 1.23. The van der Waals surface area contributed by atoms with Crippen LogP contribution < -0.4 is 15.4 Å². The molecule has 96 valence electrons. The third-order valence-electron chi connectivity index (χ3n) is 2.07. The van der Waals surface area contributed by atoms with Gasteiger partial charge in [-0.15, -0.1) is 6.42 Å². The maximum absolute atomic E-state index is 13.3. The topological polar surface area (TPSA) is 50.4 Å². The second kappa shape index (κ2) is 7.17. The van der Waals surface area contributed by atoms with E-state index in [-0.39, 0.29) is 31.0 Å². The predicted octanol–water partition coefficient (Wildman–Crippen LogP) is 1.53. The van der Waals surface area contributed by atoms with Gasteiger partial charge in [0.15, 0.2) is 11.6 Å². The lowest BCUT2D eigenvalue weighted by atomic mass is 10.3. The lowest BCUT2D eigenvalue weighted by molar-refractivity contribution is 0.201. The minimum Gasteiger partial charge on any atom is -0.486 e. The van der Waals surface area contributed by atoms with E-state index in [1.54, 1.807) is 19.1 Å². The number of benzene rings is 1. The molecule has 0 aliphatic carbocycles. The molecule has 0 spiro atoms. The summed E-state index contributed by atoms with van der Waals surface area (Å²) in [6.07, 6.45) is 4.64. The number of rotatable bonds is 5. The number of nitrogens with one attached hydrogen (secondary N) is 2. The van der Waals surface area contributed by atoms with Gasteiger partial charge in [-0.1, -0.05) is 18.1 Å². The van der Waals surface area contributed by atoms with E-state index in [1.807, 2.05) is 0 Å². The number of urea groups is 1. The Morgan fingerprint density at radius 1 is 1.50 bits per heavy atom. The highest BCUT2D eigenvalue weighted by Crippen LogP contribution is 2.16. The zero-order valence-corrected chi connectivity index (χ0v) is 10.1. The zero-order valence-electron chi connectivity index (χ0n) is 10.1. The van der Waals surface area contributed by atoms with Crippen LogP contribution in [0.2, 0.25) is 0 Å². The molecule has 2 N–H and O–H groups in total. The number of para-hydroxylation sites is 1. The molecule has 0 saturated heterocycles. The summed E-state index contributed by atoms with van der Waals surface area (Å²) in [4.78, 5) is 11.2. The van der Waals surface area contributed by atoms with Crippen LogP contribution in [0.15, 0.2) is 24.3 Å². The minimum absolute atomic E-state index is 0.161. The lowest BCUT2D eigenvalue weighted by Gasteiger charge is -2.15. The zero-order chi connectivity index (χ0) is 13.4. The van der Waals surface area contributed by atoms with Gasteiger partial charge in [-0.2, -0.15) is 0 Å². The van der Waals surface area contributed by atoms with Crippen molar-refractivity contribution in [2.75, 3.05) is 13.1 Å². The van der Waals surface area contributed by atoms with E-state index < -0.39 is 5.82 Å². The van der Waals surface area contributed by atoms with Crippen molar-refractivity contribution in [1.29, 1.82) is 0 Å². The lowest BCUT2D eigenvalue weighted by Crippen LogP contribution is -2.40. The molecule has 0 aliphatic heterocycles. The number of carbonyl (C=O) groups is 1. The molecule has 0 bridgehead atoms. The average molecular weight is 250 g/mol. The van der Waals surface area contributed by atoms with Gasteiger partial charge in [0, 0.05) is 0 Å². The summed E-state index contributed by atoms with van der Waals surface area (Å²) in [5.74, 6) is 2.01. The Kier molecular flexibility index (Phi) is 5.52. The maximum atomic E-state index is 13.3. The van der Waals surface area contributed by atoms with Crippen LogP contribution in [0, 0.1) is 18.2 Å². The second-order valence-corrected chi connectivity index (χ2v) is 3.63. The van der Waals surface area contributed by atoms with Gasteiger partial charge in [0.25, 0.3) is 0 Å². The Labute approximate surface area is 106 Å². The van der Waals surface area contributed by atoms with Crippen molar-refractivity contribution < 1.29 is 13.9 Å². The van der Waals surface area contributed by atoms with Crippen molar-refractivity contribution in [3.05, 3.63) is 30.1 Å². The molecule has 0 heterocycles. The molecule has 0 aromatic heterocycles. The highest BCUT2D eigenvalue weighted by atomic mass is 19.1. The molecule has 0 radical (unpaired) electrons. The second-order valence-electron chi connectivity index (χ2n) is 3.63. The van der Waals surface area contributed by atoms with Crippen LogP contribution in [-0.2, 0) is 0 Å². The first-order valence-electron chi connectivity index (χ1n) is 5.50. The van der Waals surface area contributed by atoms with Crippen molar-refractivity contribution in [2.45, 2.75) is 13.0 Å². The van der Waals surface area contributed by atoms with E-state index in [9.17, 15) is 9.18 Å². The first kappa shape index (κ1) is 13.8. The molecule has 1 rings (SSSR count). The van der Waals surface area contributed by atoms with E-state index >= 15 is 0 Å². The molecule has 1 unspecified atom stereocenters. The van der Waals surface area contributed by atoms with Crippen molar-refractivity contribution in [2.24, 2.45) is 0 Å². The molecule has 18 heavy (non-hydrogen) atoms. The largest absolute Gasteiger partial charge is 0.486 e. The first-order chi connectivity index (χ1) is 8.63. The quantitative estimate of drug-likeness (QED) is 0.778.